The topological polar surface area (TPSA) is 62.2 Å². The first-order valence-corrected chi connectivity index (χ1v) is 6.27. The van der Waals surface area contributed by atoms with Gasteiger partial charge in [-0.1, -0.05) is 41.9 Å². The normalized spacial score (nSPS) is 11.9. The van der Waals surface area contributed by atoms with Crippen LogP contribution in [0.2, 0.25) is 5.15 Å². The maximum Gasteiger partial charge on any atom is 0.255 e. The minimum atomic E-state index is -0.653. The molecule has 0 aliphatic heterocycles. The summed E-state index contributed by atoms with van der Waals surface area (Å²) in [6.07, 6.45) is 0.930. The molecule has 0 aliphatic carbocycles. The molecule has 0 unspecified atom stereocenters. The van der Waals surface area contributed by atoms with Gasteiger partial charge in [-0.3, -0.25) is 4.79 Å². The number of halogens is 2. The molecule has 0 saturated carbocycles. The fourth-order valence-corrected chi connectivity index (χ4v) is 1.93. The fourth-order valence-electron chi connectivity index (χ4n) is 1.74. The van der Waals surface area contributed by atoms with E-state index in [1.807, 2.05) is 6.07 Å². The van der Waals surface area contributed by atoms with E-state index in [4.69, 9.17) is 11.6 Å². The highest BCUT2D eigenvalue weighted by atomic mass is 35.5. The molecule has 0 bridgehead atoms. The molecule has 1 amide bonds. The first-order chi connectivity index (χ1) is 9.61. The van der Waals surface area contributed by atoms with Gasteiger partial charge in [0.15, 0.2) is 0 Å². The van der Waals surface area contributed by atoms with Crippen molar-refractivity contribution in [2.75, 3.05) is 6.61 Å². The summed E-state index contributed by atoms with van der Waals surface area (Å²) in [6, 6.07) is 9.36. The number of aliphatic hydroxyl groups is 1. The van der Waals surface area contributed by atoms with Crippen molar-refractivity contribution in [2.45, 2.75) is 6.04 Å². The molecule has 2 aromatic rings. The Balaban J connectivity index is 2.20. The third-order valence-corrected chi connectivity index (χ3v) is 3.04. The Morgan fingerprint density at radius 1 is 1.40 bits per heavy atom. The average Bonchev–Trinajstić information content (AvgIpc) is 2.48. The monoisotopic (exact) mass is 294 g/mol. The number of nitrogens with one attached hydrogen (secondary N) is 1. The van der Waals surface area contributed by atoms with Crippen LogP contribution in [0.5, 0.6) is 0 Å². The Kier molecular flexibility index (Phi) is 4.65. The van der Waals surface area contributed by atoms with E-state index in [9.17, 15) is 14.3 Å². The molecule has 2 N–H and O–H groups in total. The highest BCUT2D eigenvalue weighted by molar-refractivity contribution is 6.32. The molecule has 1 heterocycles. The molecule has 0 radical (unpaired) electrons. The summed E-state index contributed by atoms with van der Waals surface area (Å²) in [5.41, 5.74) is 0.671. The third kappa shape index (κ3) is 3.31. The fraction of sp³-hybridized carbons (Fsp3) is 0.143. The van der Waals surface area contributed by atoms with Crippen molar-refractivity contribution < 1.29 is 14.3 Å². The molecule has 1 atom stereocenters. The van der Waals surface area contributed by atoms with Crippen molar-refractivity contribution in [1.82, 2.24) is 10.3 Å². The van der Waals surface area contributed by atoms with E-state index in [-0.39, 0.29) is 17.3 Å². The smallest absolute Gasteiger partial charge is 0.255 e. The van der Waals surface area contributed by atoms with Gasteiger partial charge in [-0.25, -0.2) is 9.37 Å². The molecule has 0 aliphatic rings. The van der Waals surface area contributed by atoms with Crippen molar-refractivity contribution in [3.8, 4) is 0 Å². The number of pyridine rings is 1. The molecule has 2 rings (SSSR count). The number of rotatable bonds is 4. The molecular weight excluding hydrogens is 283 g/mol. The lowest BCUT2D eigenvalue weighted by molar-refractivity contribution is 0.0915. The van der Waals surface area contributed by atoms with E-state index in [2.05, 4.69) is 10.3 Å². The van der Waals surface area contributed by atoms with Crippen LogP contribution in [-0.2, 0) is 0 Å². The van der Waals surface area contributed by atoms with Gasteiger partial charge in [0, 0.05) is 0 Å². The summed E-state index contributed by atoms with van der Waals surface area (Å²) in [5, 5.41) is 11.9. The van der Waals surface area contributed by atoms with Crippen LogP contribution in [0.3, 0.4) is 0 Å². The molecule has 20 heavy (non-hydrogen) atoms. The lowest BCUT2D eigenvalue weighted by Crippen LogP contribution is -2.31. The molecule has 6 heteroatoms. The summed E-state index contributed by atoms with van der Waals surface area (Å²) in [7, 11) is 0. The van der Waals surface area contributed by atoms with Gasteiger partial charge < -0.3 is 10.4 Å². The van der Waals surface area contributed by atoms with Gasteiger partial charge in [0.05, 0.1) is 24.4 Å². The van der Waals surface area contributed by atoms with Crippen LogP contribution in [0.25, 0.3) is 0 Å². The summed E-state index contributed by atoms with van der Waals surface area (Å²) < 4.78 is 13.1. The SMILES string of the molecule is O=C(N[C@H](CO)c1ccccc1)c1cc(F)cnc1Cl. The molecule has 104 valence electrons. The Morgan fingerprint density at radius 2 is 2.10 bits per heavy atom. The molecule has 1 aromatic heterocycles. The van der Waals surface area contributed by atoms with Crippen LogP contribution >= 0.6 is 11.6 Å². The second kappa shape index (κ2) is 6.45. The average molecular weight is 295 g/mol. The zero-order chi connectivity index (χ0) is 14.5. The molecular formula is C14H12ClFN2O2. The minimum Gasteiger partial charge on any atom is -0.394 e. The first kappa shape index (κ1) is 14.4. The van der Waals surface area contributed by atoms with Crippen LogP contribution in [0.15, 0.2) is 42.6 Å². The van der Waals surface area contributed by atoms with E-state index in [0.29, 0.717) is 0 Å². The lowest BCUT2D eigenvalue weighted by atomic mass is 10.1. The van der Waals surface area contributed by atoms with E-state index < -0.39 is 17.8 Å². The maximum absolute atomic E-state index is 13.1. The van der Waals surface area contributed by atoms with Gasteiger partial charge >= 0.3 is 0 Å². The summed E-state index contributed by atoms with van der Waals surface area (Å²) in [5.74, 6) is -1.25. The number of carbonyl (C=O) groups excluding carboxylic acids is 1. The van der Waals surface area contributed by atoms with E-state index in [1.54, 1.807) is 24.3 Å². The van der Waals surface area contributed by atoms with Crippen molar-refractivity contribution >= 4 is 17.5 Å². The lowest BCUT2D eigenvalue weighted by Gasteiger charge is -2.17. The first-order valence-electron chi connectivity index (χ1n) is 5.89. The van der Waals surface area contributed by atoms with Gasteiger partial charge in [-0.2, -0.15) is 0 Å². The Hall–Kier alpha value is -1.98. The Labute approximate surface area is 120 Å². The maximum atomic E-state index is 13.1. The van der Waals surface area contributed by atoms with Gasteiger partial charge in [-0.15, -0.1) is 0 Å². The number of amides is 1. The van der Waals surface area contributed by atoms with E-state index >= 15 is 0 Å². The molecule has 0 spiro atoms. The number of aliphatic hydroxyl groups excluding tert-OH is 1. The number of nitrogens with zero attached hydrogens (tertiary/aromatic N) is 1. The summed E-state index contributed by atoms with van der Waals surface area (Å²) >= 11 is 5.76. The van der Waals surface area contributed by atoms with Crippen molar-refractivity contribution in [2.24, 2.45) is 0 Å². The highest BCUT2D eigenvalue weighted by Crippen LogP contribution is 2.17. The third-order valence-electron chi connectivity index (χ3n) is 2.74. The van der Waals surface area contributed by atoms with Gasteiger partial charge in [0.2, 0.25) is 0 Å². The largest absolute Gasteiger partial charge is 0.394 e. The second-order valence-electron chi connectivity index (χ2n) is 4.11. The number of benzene rings is 1. The van der Waals surface area contributed by atoms with E-state index in [1.165, 1.54) is 0 Å². The van der Waals surface area contributed by atoms with Gasteiger partial charge in [0.25, 0.3) is 5.91 Å². The van der Waals surface area contributed by atoms with E-state index in [0.717, 1.165) is 17.8 Å². The molecule has 0 fully saturated rings. The molecule has 4 nitrogen and oxygen atoms in total. The number of aromatic nitrogens is 1. The van der Waals surface area contributed by atoms with Crippen LogP contribution < -0.4 is 5.32 Å². The highest BCUT2D eigenvalue weighted by Gasteiger charge is 2.18. The van der Waals surface area contributed by atoms with Gasteiger partial charge in [0.1, 0.15) is 11.0 Å². The standard InChI is InChI=1S/C14H12ClFN2O2/c15-13-11(6-10(16)7-17-13)14(20)18-12(8-19)9-4-2-1-3-5-9/h1-7,12,19H,8H2,(H,18,20)/t12-/m1/s1. The van der Waals surface area contributed by atoms with Crippen molar-refractivity contribution in [1.29, 1.82) is 0 Å². The Bertz CT molecular complexity index is 607. The number of hydrogen-bond donors (Lipinski definition) is 2. The van der Waals surface area contributed by atoms with Crippen LogP contribution in [0, 0.1) is 5.82 Å². The zero-order valence-corrected chi connectivity index (χ0v) is 11.1. The van der Waals surface area contributed by atoms with Gasteiger partial charge in [-0.05, 0) is 11.6 Å². The molecule has 0 saturated heterocycles. The minimum absolute atomic E-state index is 0.0685. The van der Waals surface area contributed by atoms with Crippen molar-refractivity contribution in [3.05, 3.63) is 64.7 Å². The summed E-state index contributed by atoms with van der Waals surface area (Å²) in [6.45, 7) is -0.282. The predicted octanol–water partition coefficient (Wildman–Crippen LogP) is 2.34. The zero-order valence-electron chi connectivity index (χ0n) is 10.4. The quantitative estimate of drug-likeness (QED) is 0.851. The van der Waals surface area contributed by atoms with Crippen LogP contribution in [-0.4, -0.2) is 22.6 Å². The number of carbonyl (C=O) groups is 1. The number of hydrogen-bond acceptors (Lipinski definition) is 3. The predicted molar refractivity (Wildman–Crippen MR) is 72.9 cm³/mol. The van der Waals surface area contributed by atoms with Crippen LogP contribution in [0.4, 0.5) is 4.39 Å². The van der Waals surface area contributed by atoms with Crippen LogP contribution in [0.1, 0.15) is 22.0 Å². The Morgan fingerprint density at radius 3 is 2.75 bits per heavy atom. The summed E-state index contributed by atoms with van der Waals surface area (Å²) in [4.78, 5) is 15.6. The second-order valence-corrected chi connectivity index (χ2v) is 4.47. The molecule has 1 aromatic carbocycles. The van der Waals surface area contributed by atoms with Crippen molar-refractivity contribution in [3.63, 3.8) is 0 Å².